The minimum Gasteiger partial charge on any atom is -0.391 e. The van der Waals surface area contributed by atoms with Crippen molar-refractivity contribution >= 4 is 120 Å². The SMILES string of the molecule is C/C=C\C(=O)N(C=O)CCNP(=O)(NCCC(=O)Nc1ccc2[nH]c(S)c(C[C@@H]3NC(=O)[C@H](C(C)CC)NC(=O)[C@@H]4C[C@@H](O)CN4C(=O)[C@H](CC(N)=O)NC(=O)[C@H](C)NC(=O)CNC(=O)[C@H]([C@@H](C)CC)CNC(=O)CNC3=O)c2c1)NCCN1C(=O)C=CC1=O. The van der Waals surface area contributed by atoms with E-state index in [0.717, 1.165) is 26.9 Å². The highest BCUT2D eigenvalue weighted by atomic mass is 32.1. The van der Waals surface area contributed by atoms with E-state index in [1.807, 2.05) is 0 Å². The van der Waals surface area contributed by atoms with E-state index < -0.39 is 159 Å². The second-order valence-electron chi connectivity index (χ2n) is 21.9. The molecule has 0 aliphatic carbocycles. The third kappa shape index (κ3) is 20.6. The summed E-state index contributed by atoms with van der Waals surface area (Å²) >= 11 is 4.67. The number of fused-ring (bicyclic) bond motifs is 2. The number of aromatic amines is 1. The Kier molecular flexibility index (Phi) is 27.3. The molecule has 1 aromatic heterocycles. The van der Waals surface area contributed by atoms with Gasteiger partial charge in [-0.15, -0.1) is 12.6 Å². The normalized spacial score (nSPS) is 23.4. The van der Waals surface area contributed by atoms with Gasteiger partial charge in [0, 0.05) is 93.8 Å². The number of aromatic nitrogens is 1. The molecule has 2 unspecified atom stereocenters. The van der Waals surface area contributed by atoms with Crippen LogP contribution in [0.4, 0.5) is 5.69 Å². The van der Waals surface area contributed by atoms with Gasteiger partial charge in [-0.1, -0.05) is 46.6 Å². The van der Waals surface area contributed by atoms with Crippen LogP contribution in [0.2, 0.25) is 0 Å². The van der Waals surface area contributed by atoms with Gasteiger partial charge >= 0.3 is 0 Å². The zero-order chi connectivity index (χ0) is 66.6. The molecule has 3 aliphatic heterocycles. The monoisotopic (exact) mass is 1300 g/mol. The molecule has 0 saturated carbocycles. The summed E-state index contributed by atoms with van der Waals surface area (Å²) < 4.78 is 14.1. The Morgan fingerprint density at radius 3 is 2.12 bits per heavy atom. The number of aliphatic hydroxyl groups is 1. The Bertz CT molecular complexity index is 3160. The highest BCUT2D eigenvalue weighted by Gasteiger charge is 2.44. The van der Waals surface area contributed by atoms with E-state index in [4.69, 9.17) is 5.73 Å². The second kappa shape index (κ2) is 34.0. The number of primary amides is 1. The van der Waals surface area contributed by atoms with Crippen molar-refractivity contribution in [3.05, 3.63) is 48.1 Å². The van der Waals surface area contributed by atoms with Crippen molar-refractivity contribution in [3.8, 4) is 0 Å². The molecule has 14 amide bonds. The molecule has 10 atom stereocenters. The van der Waals surface area contributed by atoms with Crippen molar-refractivity contribution in [1.29, 1.82) is 0 Å². The van der Waals surface area contributed by atoms with Gasteiger partial charge in [-0.3, -0.25) is 81.5 Å². The van der Waals surface area contributed by atoms with Crippen LogP contribution in [0.3, 0.4) is 0 Å². The molecule has 5 rings (SSSR count). The van der Waals surface area contributed by atoms with Crippen LogP contribution in [0.15, 0.2) is 47.5 Å². The number of anilines is 1. The first-order chi connectivity index (χ1) is 42.6. The molecule has 0 radical (unpaired) electrons. The number of benzene rings is 1. The summed E-state index contributed by atoms with van der Waals surface area (Å²) in [6.07, 6.45) is 2.81. The number of carbonyl (C=O) groups is 14. The average molecular weight is 1300 g/mol. The van der Waals surface area contributed by atoms with Gasteiger partial charge in [-0.2, -0.15) is 0 Å². The minimum absolute atomic E-state index is 0.163. The summed E-state index contributed by atoms with van der Waals surface area (Å²) in [6.45, 7) is 6.86. The Labute approximate surface area is 524 Å². The van der Waals surface area contributed by atoms with Crippen LogP contribution in [0, 0.1) is 17.8 Å². The molecule has 2 saturated heterocycles. The Balaban J connectivity index is 1.42. The molecule has 15 N–H and O–H groups in total. The topological polar surface area (TPSA) is 460 Å². The Hall–Kier alpha value is -8.36. The van der Waals surface area contributed by atoms with E-state index in [0.29, 0.717) is 29.3 Å². The van der Waals surface area contributed by atoms with Gasteiger partial charge in [-0.05, 0) is 55.5 Å². The van der Waals surface area contributed by atoms with Crippen molar-refractivity contribution in [3.63, 3.8) is 0 Å². The Morgan fingerprint density at radius 1 is 0.822 bits per heavy atom. The first kappa shape index (κ1) is 72.4. The van der Waals surface area contributed by atoms with Crippen LogP contribution < -0.4 is 63.5 Å². The van der Waals surface area contributed by atoms with Gasteiger partial charge in [0.05, 0.1) is 36.6 Å². The number of thiol groups is 1. The fourth-order valence-corrected chi connectivity index (χ4v) is 11.8. The third-order valence-corrected chi connectivity index (χ3v) is 17.7. The maximum Gasteiger partial charge on any atom is 0.279 e. The first-order valence-corrected chi connectivity index (χ1v) is 31.5. The number of nitrogens with zero attached hydrogens (tertiary/aromatic N) is 3. The van der Waals surface area contributed by atoms with E-state index >= 15 is 0 Å². The van der Waals surface area contributed by atoms with Crippen LogP contribution in [0.5, 0.6) is 0 Å². The predicted octanol–water partition coefficient (Wildman–Crippen LogP) is -3.44. The maximum absolute atomic E-state index is 14.7. The van der Waals surface area contributed by atoms with E-state index in [9.17, 15) is 76.8 Å². The van der Waals surface area contributed by atoms with E-state index in [-0.39, 0.29) is 81.6 Å². The highest BCUT2D eigenvalue weighted by molar-refractivity contribution is 7.80. The summed E-state index contributed by atoms with van der Waals surface area (Å²) in [5, 5.41) is 40.3. The van der Waals surface area contributed by atoms with Gasteiger partial charge in [0.15, 0.2) is 0 Å². The smallest absolute Gasteiger partial charge is 0.279 e. The van der Waals surface area contributed by atoms with E-state index in [2.05, 4.69) is 75.4 Å². The summed E-state index contributed by atoms with van der Waals surface area (Å²) in [4.78, 5) is 191. The fourth-order valence-electron chi connectivity index (χ4n) is 9.89. The molecule has 2 fully saturated rings. The lowest BCUT2D eigenvalue weighted by Crippen LogP contribution is -2.60. The number of allylic oxidation sites excluding steroid dienone is 1. The third-order valence-electron chi connectivity index (χ3n) is 15.4. The number of aliphatic hydroxyl groups excluding tert-OH is 1. The summed E-state index contributed by atoms with van der Waals surface area (Å²) in [5.74, 6) is -12.1. The number of hydrogen-bond acceptors (Lipinski definition) is 17. The molecule has 32 nitrogen and oxygen atoms in total. The van der Waals surface area contributed by atoms with Crippen molar-refractivity contribution < 1.29 is 76.8 Å². The van der Waals surface area contributed by atoms with Crippen molar-refractivity contribution in [2.24, 2.45) is 23.5 Å². The van der Waals surface area contributed by atoms with Crippen molar-refractivity contribution in [2.75, 3.05) is 64.2 Å². The van der Waals surface area contributed by atoms with Gasteiger partial charge < -0.3 is 63.3 Å². The predicted molar refractivity (Wildman–Crippen MR) is 327 cm³/mol. The molecule has 3 aliphatic rings. The number of nitrogens with one attached hydrogen (secondary N) is 12. The molecule has 4 heterocycles. The number of hydrogen-bond donors (Lipinski definition) is 15. The lowest BCUT2D eigenvalue weighted by molar-refractivity contribution is -0.143. The van der Waals surface area contributed by atoms with Gasteiger partial charge in [0.25, 0.3) is 25.3 Å². The number of rotatable bonds is 23. The zero-order valence-corrected chi connectivity index (χ0v) is 52.6. The second-order valence-corrected chi connectivity index (χ2v) is 24.5. The Morgan fingerprint density at radius 2 is 1.47 bits per heavy atom. The van der Waals surface area contributed by atoms with Crippen LogP contribution >= 0.6 is 20.2 Å². The average Bonchev–Trinajstić information content (AvgIpc) is 3.32. The summed E-state index contributed by atoms with van der Waals surface area (Å²) in [7, 11) is -3.88. The summed E-state index contributed by atoms with van der Waals surface area (Å²) in [6, 6.07) is -2.77. The molecule has 90 heavy (non-hydrogen) atoms. The van der Waals surface area contributed by atoms with Gasteiger partial charge in [-0.25, -0.2) is 15.3 Å². The van der Waals surface area contributed by atoms with E-state index in [1.165, 1.54) is 19.1 Å². The van der Waals surface area contributed by atoms with Crippen LogP contribution in [-0.2, 0) is 78.1 Å². The van der Waals surface area contributed by atoms with Crippen LogP contribution in [0.25, 0.3) is 10.9 Å². The quantitative estimate of drug-likeness (QED) is 0.0169. The largest absolute Gasteiger partial charge is 0.391 e. The molecule has 492 valence electrons. The molecule has 34 heteroatoms. The maximum atomic E-state index is 14.7. The fraction of sp³-hybridized carbons (Fsp3) is 0.536. The lowest BCUT2D eigenvalue weighted by Gasteiger charge is -2.31. The molecule has 1 aromatic carbocycles. The number of H-pyrrole nitrogens is 1. The number of carbonyl (C=O) groups excluding carboxylic acids is 14. The van der Waals surface area contributed by atoms with Crippen molar-refractivity contribution in [1.82, 2.24) is 72.2 Å². The molecule has 2 aromatic rings. The van der Waals surface area contributed by atoms with Crippen LogP contribution in [-0.4, -0.2) is 203 Å². The molecular weight excluding hydrogens is 1220 g/mol. The number of nitrogens with two attached hydrogens (primary N) is 1. The summed E-state index contributed by atoms with van der Waals surface area (Å²) in [5.41, 5.74) is 6.51. The highest BCUT2D eigenvalue weighted by Crippen LogP contribution is 2.31. The molecular formula is C56H81N16O16PS. The number of imide groups is 2. The van der Waals surface area contributed by atoms with Gasteiger partial charge in [0.1, 0.15) is 30.2 Å². The minimum atomic E-state index is -3.88. The zero-order valence-electron chi connectivity index (χ0n) is 50.8. The van der Waals surface area contributed by atoms with Gasteiger partial charge in [0.2, 0.25) is 65.5 Å². The lowest BCUT2D eigenvalue weighted by atomic mass is 9.90. The van der Waals surface area contributed by atoms with Crippen molar-refractivity contribution in [2.45, 2.75) is 121 Å². The standard InChI is InChI=1S/C56H81N16O16PS/c1-7-10-46(79)70(29-73)19-17-62-89(88,63-18-20-71-47(80)13-14-48(71)81)61-16-15-43(76)65-33-11-12-38-35(21-33)36(55(90)68-38)23-39-52(84)60-26-44(77)58-25-37(30(4)8-2)51(83)59-27-45(78)64-32(6)50(82)67-40(24-42(57)75)56(87)72-28-34(74)22-41(72)53(85)69-49(31(5)9-3)54(86)66-39/h7,10-14,21,29-32,34,37,39-41,49,68,74,90H,8-9,15-20,22-28H2,1-6H3,(H2,57,75)(H,58,77)(H,59,83)(H,60,84)(H,64,78)(H,65,76)(H,66,86)(H,67,82)(H,69,85)(H3,61,62,63,88)/b10-7-/t30-,31?,32-,34+,37-,39-,40-,41-,49-,89?/m0/s1. The van der Waals surface area contributed by atoms with E-state index in [1.54, 1.807) is 52.8 Å². The number of amides is 14. The molecule has 0 bridgehead atoms. The molecule has 0 spiro atoms. The first-order valence-electron chi connectivity index (χ1n) is 29.3. The van der Waals surface area contributed by atoms with Crippen LogP contribution in [0.1, 0.15) is 79.2 Å².